The van der Waals surface area contributed by atoms with Crippen LogP contribution in [-0.2, 0) is 16.9 Å². The molecule has 5 nitrogen and oxygen atoms in total. The number of sulfone groups is 1. The summed E-state index contributed by atoms with van der Waals surface area (Å²) in [6.07, 6.45) is 1.37. The number of benzene rings is 2. The fraction of sp³-hybridized carbons (Fsp3) is 0.105. The molecule has 0 saturated heterocycles. The minimum absolute atomic E-state index is 0.197. The normalized spacial score (nSPS) is 11.9. The smallest absolute Gasteiger partial charge is 0.278 e. The molecule has 0 spiro atoms. The van der Waals surface area contributed by atoms with Crippen molar-refractivity contribution in [1.82, 2.24) is 9.36 Å². The van der Waals surface area contributed by atoms with E-state index < -0.39 is 9.84 Å². The molecule has 3 rings (SSSR count). The zero-order valence-electron chi connectivity index (χ0n) is 14.0. The Hall–Kier alpha value is -2.86. The Bertz CT molecular complexity index is 1080. The van der Waals surface area contributed by atoms with Gasteiger partial charge in [0, 0.05) is 18.1 Å². The summed E-state index contributed by atoms with van der Waals surface area (Å²) in [4.78, 5) is 13.0. The molecule has 0 radical (unpaired) electrons. The van der Waals surface area contributed by atoms with Crippen LogP contribution < -0.4 is 5.56 Å². The first-order chi connectivity index (χ1) is 11.9. The highest BCUT2D eigenvalue weighted by atomic mass is 32.2. The van der Waals surface area contributed by atoms with Crippen LogP contribution in [0.3, 0.4) is 0 Å². The maximum atomic E-state index is 12.8. The molecule has 0 aliphatic carbocycles. The van der Waals surface area contributed by atoms with Crippen LogP contribution in [-0.4, -0.2) is 17.8 Å². The van der Waals surface area contributed by atoms with Gasteiger partial charge in [0.2, 0.25) is 0 Å². The second-order valence-electron chi connectivity index (χ2n) is 5.64. The Morgan fingerprint density at radius 2 is 1.48 bits per heavy atom. The van der Waals surface area contributed by atoms with Gasteiger partial charge < -0.3 is 0 Å². The quantitative estimate of drug-likeness (QED) is 0.724. The first-order valence-corrected chi connectivity index (χ1v) is 9.29. The van der Waals surface area contributed by atoms with Crippen molar-refractivity contribution in [2.24, 2.45) is 7.05 Å². The van der Waals surface area contributed by atoms with Gasteiger partial charge in [0.1, 0.15) is 0 Å². The molecule has 3 aromatic rings. The van der Waals surface area contributed by atoms with Gasteiger partial charge in [-0.1, -0.05) is 36.4 Å². The van der Waals surface area contributed by atoms with E-state index in [-0.39, 0.29) is 10.5 Å². The van der Waals surface area contributed by atoms with Crippen LogP contribution in [0.4, 0.5) is 0 Å². The first-order valence-electron chi connectivity index (χ1n) is 7.74. The topological polar surface area (TPSA) is 61.1 Å². The number of hydrogen-bond acceptors (Lipinski definition) is 3. The van der Waals surface area contributed by atoms with Gasteiger partial charge in [-0.25, -0.2) is 13.1 Å². The van der Waals surface area contributed by atoms with Crippen LogP contribution in [0, 0.1) is 6.92 Å². The SMILES string of the molecule is Cc1c(/C=C/S(=O)(=O)c2ccccc2)c(=O)n(-c2ccccc2)n1C. The molecule has 0 saturated carbocycles. The highest BCUT2D eigenvalue weighted by Crippen LogP contribution is 2.15. The number of nitrogens with zero attached hydrogens (tertiary/aromatic N) is 2. The van der Waals surface area contributed by atoms with Gasteiger partial charge >= 0.3 is 0 Å². The summed E-state index contributed by atoms with van der Waals surface area (Å²) in [6.45, 7) is 1.79. The zero-order valence-corrected chi connectivity index (χ0v) is 14.8. The van der Waals surface area contributed by atoms with Gasteiger partial charge in [-0.15, -0.1) is 0 Å². The summed E-state index contributed by atoms with van der Waals surface area (Å²) in [5.74, 6) is 0. The van der Waals surface area contributed by atoms with Crippen molar-refractivity contribution < 1.29 is 8.42 Å². The van der Waals surface area contributed by atoms with Crippen LogP contribution in [0.2, 0.25) is 0 Å². The maximum absolute atomic E-state index is 12.8. The van der Waals surface area contributed by atoms with Crippen molar-refractivity contribution in [3.63, 3.8) is 0 Å². The maximum Gasteiger partial charge on any atom is 0.278 e. The van der Waals surface area contributed by atoms with Gasteiger partial charge in [-0.05, 0) is 37.3 Å². The molecule has 0 aliphatic heterocycles. The fourth-order valence-electron chi connectivity index (χ4n) is 2.63. The fourth-order valence-corrected chi connectivity index (χ4v) is 3.64. The molecular weight excluding hydrogens is 336 g/mol. The van der Waals surface area contributed by atoms with Gasteiger partial charge in [-0.3, -0.25) is 9.48 Å². The average molecular weight is 354 g/mol. The molecule has 0 N–H and O–H groups in total. The third kappa shape index (κ3) is 3.21. The van der Waals surface area contributed by atoms with Crippen molar-refractivity contribution >= 4 is 15.9 Å². The van der Waals surface area contributed by atoms with E-state index in [1.807, 2.05) is 30.3 Å². The van der Waals surface area contributed by atoms with Gasteiger partial charge in [-0.2, -0.15) is 0 Å². The van der Waals surface area contributed by atoms with E-state index in [9.17, 15) is 13.2 Å². The van der Waals surface area contributed by atoms with Gasteiger partial charge in [0.15, 0.2) is 9.84 Å². The lowest BCUT2D eigenvalue weighted by Crippen LogP contribution is -2.20. The van der Waals surface area contributed by atoms with E-state index >= 15 is 0 Å². The minimum atomic E-state index is -3.60. The largest absolute Gasteiger partial charge is 0.285 e. The Balaban J connectivity index is 2.07. The number of rotatable bonds is 4. The molecule has 1 heterocycles. The Morgan fingerprint density at radius 1 is 0.920 bits per heavy atom. The number of hydrogen-bond donors (Lipinski definition) is 0. The Morgan fingerprint density at radius 3 is 2.08 bits per heavy atom. The summed E-state index contributed by atoms with van der Waals surface area (Å²) >= 11 is 0. The third-order valence-electron chi connectivity index (χ3n) is 4.08. The molecule has 0 fully saturated rings. The van der Waals surface area contributed by atoms with E-state index in [2.05, 4.69) is 0 Å². The van der Waals surface area contributed by atoms with Gasteiger partial charge in [0.25, 0.3) is 5.56 Å². The number of para-hydroxylation sites is 1. The van der Waals surface area contributed by atoms with Crippen LogP contribution >= 0.6 is 0 Å². The monoisotopic (exact) mass is 354 g/mol. The zero-order chi connectivity index (χ0) is 18.0. The molecule has 128 valence electrons. The van der Waals surface area contributed by atoms with E-state index in [0.717, 1.165) is 11.1 Å². The van der Waals surface area contributed by atoms with Crippen LogP contribution in [0.5, 0.6) is 0 Å². The van der Waals surface area contributed by atoms with E-state index in [1.165, 1.54) is 22.9 Å². The van der Waals surface area contributed by atoms with E-state index in [1.54, 1.807) is 36.9 Å². The second-order valence-corrected chi connectivity index (χ2v) is 7.47. The van der Waals surface area contributed by atoms with Crippen molar-refractivity contribution in [2.45, 2.75) is 11.8 Å². The summed E-state index contributed by atoms with van der Waals surface area (Å²) in [5, 5.41) is 1.08. The summed E-state index contributed by atoms with van der Waals surface area (Å²) in [7, 11) is -1.83. The van der Waals surface area contributed by atoms with Crippen LogP contribution in [0.1, 0.15) is 11.3 Å². The average Bonchev–Trinajstić information content (AvgIpc) is 2.84. The molecule has 0 bridgehead atoms. The molecule has 0 aliphatic rings. The lowest BCUT2D eigenvalue weighted by atomic mass is 10.2. The predicted octanol–water partition coefficient (Wildman–Crippen LogP) is 2.93. The molecule has 2 aromatic carbocycles. The van der Waals surface area contributed by atoms with Gasteiger partial charge in [0.05, 0.1) is 16.1 Å². The van der Waals surface area contributed by atoms with Crippen molar-refractivity contribution in [3.8, 4) is 5.69 Å². The van der Waals surface area contributed by atoms with Crippen molar-refractivity contribution in [3.05, 3.63) is 87.7 Å². The number of aromatic nitrogens is 2. The molecule has 1 aromatic heterocycles. The summed E-state index contributed by atoms with van der Waals surface area (Å²) in [5.41, 5.74) is 1.51. The molecular formula is C19H18N2O3S. The minimum Gasteiger partial charge on any atom is -0.285 e. The standard InChI is InChI=1S/C19H18N2O3S/c1-15-18(13-14-25(23,24)17-11-7-4-8-12-17)19(22)21(20(15)2)16-9-5-3-6-10-16/h3-14H,1-2H3/b14-13+. The predicted molar refractivity (Wildman–Crippen MR) is 98.4 cm³/mol. The molecule has 0 unspecified atom stereocenters. The van der Waals surface area contributed by atoms with E-state index in [0.29, 0.717) is 11.3 Å². The lowest BCUT2D eigenvalue weighted by Gasteiger charge is -2.07. The highest BCUT2D eigenvalue weighted by Gasteiger charge is 2.15. The highest BCUT2D eigenvalue weighted by molar-refractivity contribution is 7.94. The first kappa shape index (κ1) is 17.0. The van der Waals surface area contributed by atoms with Crippen molar-refractivity contribution in [1.29, 1.82) is 0 Å². The van der Waals surface area contributed by atoms with Crippen molar-refractivity contribution in [2.75, 3.05) is 0 Å². The lowest BCUT2D eigenvalue weighted by molar-refractivity contribution is 0.605. The molecule has 6 heteroatoms. The summed E-state index contributed by atoms with van der Waals surface area (Å²) < 4.78 is 28.0. The molecule has 0 amide bonds. The van der Waals surface area contributed by atoms with Crippen LogP contribution in [0.15, 0.2) is 75.8 Å². The molecule has 25 heavy (non-hydrogen) atoms. The summed E-state index contributed by atoms with van der Waals surface area (Å²) in [6, 6.07) is 17.4. The third-order valence-corrected chi connectivity index (χ3v) is 5.51. The second kappa shape index (κ2) is 6.57. The Labute approximate surface area is 146 Å². The Kier molecular flexibility index (Phi) is 4.46. The van der Waals surface area contributed by atoms with E-state index in [4.69, 9.17) is 0 Å². The molecule has 0 atom stereocenters. The van der Waals surface area contributed by atoms with Crippen LogP contribution in [0.25, 0.3) is 11.8 Å².